The van der Waals surface area contributed by atoms with E-state index in [4.69, 9.17) is 18.5 Å². The lowest BCUT2D eigenvalue weighted by molar-refractivity contribution is -0.0579. The molecule has 4 rings (SSSR count). The third-order valence-corrected chi connectivity index (χ3v) is 9.44. The van der Waals surface area contributed by atoms with Crippen molar-refractivity contribution in [3.05, 3.63) is 90.3 Å². The van der Waals surface area contributed by atoms with E-state index < -0.39 is 39.1 Å². The van der Waals surface area contributed by atoms with Gasteiger partial charge < -0.3 is 24.4 Å². The third-order valence-electron chi connectivity index (χ3n) is 4.84. The summed E-state index contributed by atoms with van der Waals surface area (Å²) in [5.74, 6) is 0.345. The van der Waals surface area contributed by atoms with Gasteiger partial charge in [0.25, 0.3) is 5.08 Å². The van der Waals surface area contributed by atoms with Gasteiger partial charge in [-0.05, 0) is 35.9 Å². The zero-order valence-electron chi connectivity index (χ0n) is 17.3. The molecule has 0 bridgehead atoms. The normalized spacial score (nSPS) is 28.7. The molecule has 0 amide bonds. The fourth-order valence-electron chi connectivity index (χ4n) is 3.10. The van der Waals surface area contributed by atoms with Crippen LogP contribution in [0.4, 0.5) is 4.79 Å². The first kappa shape index (κ1) is 24.3. The molecule has 1 saturated heterocycles. The quantitative estimate of drug-likeness (QED) is 0.260. The van der Waals surface area contributed by atoms with Crippen LogP contribution in [0.15, 0.2) is 79.1 Å². The van der Waals surface area contributed by atoms with Crippen LogP contribution < -0.4 is 9.47 Å². The summed E-state index contributed by atoms with van der Waals surface area (Å²) in [5.41, 5.74) is 0.291. The molecule has 178 valence electrons. The Hall–Kier alpha value is -2.88. The molecule has 2 unspecified atom stereocenters. The molecular weight excluding hydrogens is 488 g/mol. The van der Waals surface area contributed by atoms with Gasteiger partial charge in [0.2, 0.25) is 6.29 Å². The summed E-state index contributed by atoms with van der Waals surface area (Å²) >= 11 is 0. The van der Waals surface area contributed by atoms with Crippen molar-refractivity contribution in [2.75, 3.05) is 0 Å². The number of para-hydroxylation sites is 1. The molecular formula is C21H19NO10P2. The summed E-state index contributed by atoms with van der Waals surface area (Å²) in [6, 6.07) is 16.4. The Kier molecular flexibility index (Phi) is 6.71. The second kappa shape index (κ2) is 9.40. The third kappa shape index (κ3) is 4.96. The smallest absolute Gasteiger partial charge is 0.395 e. The molecule has 2 atom stereocenters. The predicted octanol–water partition coefficient (Wildman–Crippen LogP) is 3.96. The van der Waals surface area contributed by atoms with E-state index in [2.05, 4.69) is 4.98 Å². The number of carbonyl (C=O) groups excluding carboxylic acids is 1. The van der Waals surface area contributed by atoms with Gasteiger partial charge in [-0.3, -0.25) is 23.2 Å². The van der Waals surface area contributed by atoms with Crippen LogP contribution in [0.2, 0.25) is 0 Å². The zero-order valence-corrected chi connectivity index (χ0v) is 19.1. The Bertz CT molecular complexity index is 1230. The second-order valence-corrected chi connectivity index (χ2v) is 11.6. The molecule has 0 radical (unpaired) electrons. The van der Waals surface area contributed by atoms with Crippen molar-refractivity contribution in [2.24, 2.45) is 0 Å². The van der Waals surface area contributed by atoms with Crippen LogP contribution in [0.5, 0.6) is 11.5 Å². The van der Waals surface area contributed by atoms with E-state index in [1.54, 1.807) is 30.3 Å². The van der Waals surface area contributed by atoms with Gasteiger partial charge in [0, 0.05) is 24.4 Å². The summed E-state index contributed by atoms with van der Waals surface area (Å²) in [6.45, 7) is 0. The molecule has 2 aromatic carbocycles. The van der Waals surface area contributed by atoms with E-state index >= 15 is 0 Å². The van der Waals surface area contributed by atoms with Crippen LogP contribution in [0.1, 0.15) is 17.4 Å². The maximum Gasteiger partial charge on any atom is 0.519 e. The molecule has 0 aliphatic carbocycles. The number of aliphatic hydroxyl groups is 1. The highest BCUT2D eigenvalue weighted by Crippen LogP contribution is 2.79. The van der Waals surface area contributed by atoms with E-state index in [0.29, 0.717) is 0 Å². The fraction of sp³-hybridized carbons (Fsp3) is 0.143. The molecule has 1 aromatic heterocycles. The Balaban J connectivity index is 1.47. The molecule has 3 aromatic rings. The van der Waals surface area contributed by atoms with Crippen molar-refractivity contribution in [1.29, 1.82) is 0 Å². The van der Waals surface area contributed by atoms with E-state index in [0.717, 1.165) is 0 Å². The minimum Gasteiger partial charge on any atom is -0.395 e. The van der Waals surface area contributed by atoms with Crippen LogP contribution in [0, 0.1) is 0 Å². The minimum atomic E-state index is -5.11. The summed E-state index contributed by atoms with van der Waals surface area (Å²) < 4.78 is 45.8. The van der Waals surface area contributed by atoms with Gasteiger partial charge in [-0.1, -0.05) is 36.4 Å². The standard InChI is InChI=1S/C21H19NO10P2/c23-20(29-17-6-2-1-3-7-17)30-18-10-8-16(9-11-18)19-31-33(25,26)21(24,34(27,28)32-19)13-15-5-4-12-22-14-15/h1-12,14,19,24H,13H2,(H,25,26)(H,27,28). The Morgan fingerprint density at radius 2 is 1.50 bits per heavy atom. The van der Waals surface area contributed by atoms with Crippen molar-refractivity contribution in [3.63, 3.8) is 0 Å². The minimum absolute atomic E-state index is 0.0629. The van der Waals surface area contributed by atoms with E-state index in [-0.39, 0.29) is 22.6 Å². The number of benzene rings is 2. The number of hydrogen-bond acceptors (Lipinski definition) is 9. The number of hydrogen-bond donors (Lipinski definition) is 3. The van der Waals surface area contributed by atoms with Crippen molar-refractivity contribution < 1.29 is 47.3 Å². The highest BCUT2D eigenvalue weighted by molar-refractivity contribution is 7.73. The van der Waals surface area contributed by atoms with Crippen LogP contribution in [0.3, 0.4) is 0 Å². The topological polar surface area (TPSA) is 162 Å². The summed E-state index contributed by atoms with van der Waals surface area (Å²) in [7, 11) is -10.2. The number of pyridine rings is 1. The van der Waals surface area contributed by atoms with Crippen molar-refractivity contribution in [1.82, 2.24) is 4.98 Å². The molecule has 1 aliphatic heterocycles. The molecule has 3 N–H and O–H groups in total. The van der Waals surface area contributed by atoms with Gasteiger partial charge in [0.1, 0.15) is 11.5 Å². The maximum atomic E-state index is 12.8. The lowest BCUT2D eigenvalue weighted by Crippen LogP contribution is -2.37. The monoisotopic (exact) mass is 507 g/mol. The predicted molar refractivity (Wildman–Crippen MR) is 117 cm³/mol. The number of carbonyl (C=O) groups is 1. The van der Waals surface area contributed by atoms with Crippen molar-refractivity contribution in [2.45, 2.75) is 17.8 Å². The van der Waals surface area contributed by atoms with E-state index in [1.807, 2.05) is 0 Å². The van der Waals surface area contributed by atoms with Gasteiger partial charge in [-0.2, -0.15) is 0 Å². The lowest BCUT2D eigenvalue weighted by atomic mass is 10.2. The summed E-state index contributed by atoms with van der Waals surface area (Å²) in [5, 5.41) is 7.64. The molecule has 1 aliphatic rings. The van der Waals surface area contributed by atoms with Crippen LogP contribution in [-0.4, -0.2) is 31.1 Å². The average molecular weight is 507 g/mol. The lowest BCUT2D eigenvalue weighted by Gasteiger charge is -2.41. The molecule has 0 saturated carbocycles. The molecule has 0 spiro atoms. The highest BCUT2D eigenvalue weighted by atomic mass is 31.2. The first-order valence-corrected chi connectivity index (χ1v) is 12.9. The number of ether oxygens (including phenoxy) is 2. The van der Waals surface area contributed by atoms with E-state index in [9.17, 15) is 28.8 Å². The average Bonchev–Trinajstić information content (AvgIpc) is 2.79. The van der Waals surface area contributed by atoms with Crippen LogP contribution >= 0.6 is 15.2 Å². The molecule has 1 fully saturated rings. The molecule has 34 heavy (non-hydrogen) atoms. The zero-order chi connectivity index (χ0) is 24.4. The summed E-state index contributed by atoms with van der Waals surface area (Å²) in [6.07, 6.45) is -0.740. The Morgan fingerprint density at radius 1 is 0.912 bits per heavy atom. The first-order valence-electron chi connectivity index (χ1n) is 9.78. The van der Waals surface area contributed by atoms with Gasteiger partial charge in [-0.25, -0.2) is 4.79 Å². The number of nitrogens with zero attached hydrogens (tertiary/aromatic N) is 1. The Morgan fingerprint density at radius 3 is 2.06 bits per heavy atom. The fourth-order valence-corrected chi connectivity index (χ4v) is 6.68. The maximum absolute atomic E-state index is 12.8. The van der Waals surface area contributed by atoms with Crippen LogP contribution in [-0.2, 0) is 24.6 Å². The van der Waals surface area contributed by atoms with Gasteiger partial charge in [-0.15, -0.1) is 0 Å². The second-order valence-electron chi connectivity index (χ2n) is 7.23. The first-order chi connectivity index (χ1) is 16.1. The largest absolute Gasteiger partial charge is 0.519 e. The SMILES string of the molecule is O=C(Oc1ccccc1)Oc1ccc(C2OP(=O)(O)C(O)(Cc3cccnc3)P(=O)(O)O2)cc1. The van der Waals surface area contributed by atoms with Crippen molar-refractivity contribution >= 4 is 21.3 Å². The van der Waals surface area contributed by atoms with Crippen LogP contribution in [0.25, 0.3) is 0 Å². The van der Waals surface area contributed by atoms with Gasteiger partial charge in [0.15, 0.2) is 0 Å². The van der Waals surface area contributed by atoms with Gasteiger partial charge >= 0.3 is 21.3 Å². The number of rotatable bonds is 5. The molecule has 2 heterocycles. The molecule has 13 heteroatoms. The Labute approximate surface area is 193 Å². The van der Waals surface area contributed by atoms with Gasteiger partial charge in [0.05, 0.1) is 0 Å². The van der Waals surface area contributed by atoms with E-state index in [1.165, 1.54) is 48.8 Å². The molecule has 11 nitrogen and oxygen atoms in total. The summed E-state index contributed by atoms with van der Waals surface area (Å²) in [4.78, 5) is 36.5. The van der Waals surface area contributed by atoms with Crippen molar-refractivity contribution in [3.8, 4) is 11.5 Å². The highest BCUT2D eigenvalue weighted by Gasteiger charge is 2.67. The number of aromatic nitrogens is 1.